The average molecular weight is 313 g/mol. The van der Waals surface area contributed by atoms with Crippen LogP contribution in [0.5, 0.6) is 5.75 Å². The van der Waals surface area contributed by atoms with E-state index >= 15 is 0 Å². The minimum atomic E-state index is -0.891. The van der Waals surface area contributed by atoms with Gasteiger partial charge < -0.3 is 15.2 Å². The van der Waals surface area contributed by atoms with Crippen molar-refractivity contribution in [3.63, 3.8) is 0 Å². The van der Waals surface area contributed by atoms with Gasteiger partial charge in [-0.2, -0.15) is 0 Å². The van der Waals surface area contributed by atoms with Crippen molar-refractivity contribution in [3.8, 4) is 5.75 Å². The summed E-state index contributed by atoms with van der Waals surface area (Å²) in [4.78, 5) is 10.8. The molecule has 0 aliphatic heterocycles. The van der Waals surface area contributed by atoms with Crippen LogP contribution in [0.4, 0.5) is 0 Å². The summed E-state index contributed by atoms with van der Waals surface area (Å²) >= 11 is 0. The first-order chi connectivity index (χ1) is 11.1. The minimum Gasteiger partial charge on any atom is -0.497 e. The van der Waals surface area contributed by atoms with Gasteiger partial charge in [-0.3, -0.25) is 0 Å². The number of hydrogen-bond acceptors (Lipinski definition) is 3. The molecule has 0 aliphatic rings. The van der Waals surface area contributed by atoms with Crippen molar-refractivity contribution < 1.29 is 14.6 Å². The second-order valence-corrected chi connectivity index (χ2v) is 5.79. The smallest absolute Gasteiger partial charge is 0.335 e. The summed E-state index contributed by atoms with van der Waals surface area (Å²) in [6.45, 7) is 3.87. The van der Waals surface area contributed by atoms with Crippen molar-refractivity contribution >= 4 is 5.97 Å². The normalized spacial score (nSPS) is 11.9. The zero-order chi connectivity index (χ0) is 16.7. The summed E-state index contributed by atoms with van der Waals surface area (Å²) in [5.74, 6) is 0.503. The van der Waals surface area contributed by atoms with Gasteiger partial charge in [0.25, 0.3) is 0 Å². The molecular weight excluding hydrogens is 290 g/mol. The quantitative estimate of drug-likeness (QED) is 0.784. The third kappa shape index (κ3) is 5.42. The molecule has 0 aromatic heterocycles. The minimum absolute atomic E-state index is 0.321. The van der Waals surface area contributed by atoms with Crippen LogP contribution in [0, 0.1) is 5.92 Å². The fourth-order valence-corrected chi connectivity index (χ4v) is 2.46. The highest BCUT2D eigenvalue weighted by molar-refractivity contribution is 5.87. The van der Waals surface area contributed by atoms with Gasteiger partial charge in [0.05, 0.1) is 12.7 Å². The Labute approximate surface area is 137 Å². The SMILES string of the molecule is COc1ccc(CC(C)CNCc2ccc(C(=O)O)cc2)cc1. The second kappa shape index (κ2) is 8.34. The molecule has 0 fully saturated rings. The fraction of sp³-hybridized carbons (Fsp3) is 0.316. The van der Waals surface area contributed by atoms with Crippen LogP contribution in [0.3, 0.4) is 0 Å². The van der Waals surface area contributed by atoms with Crippen LogP contribution < -0.4 is 10.1 Å². The summed E-state index contributed by atoms with van der Waals surface area (Å²) in [6.07, 6.45) is 1.01. The van der Waals surface area contributed by atoms with Crippen molar-refractivity contribution in [2.75, 3.05) is 13.7 Å². The first-order valence-electron chi connectivity index (χ1n) is 7.74. The molecule has 2 N–H and O–H groups in total. The van der Waals surface area contributed by atoms with Crippen LogP contribution in [0.1, 0.15) is 28.4 Å². The Kier molecular flexibility index (Phi) is 6.18. The Hall–Kier alpha value is -2.33. The number of rotatable bonds is 8. The Morgan fingerprint density at radius 3 is 2.26 bits per heavy atom. The van der Waals surface area contributed by atoms with E-state index in [0.717, 1.165) is 30.8 Å². The molecule has 1 atom stereocenters. The van der Waals surface area contributed by atoms with Crippen molar-refractivity contribution in [1.29, 1.82) is 0 Å². The summed E-state index contributed by atoms with van der Waals surface area (Å²) in [6, 6.07) is 15.1. The molecule has 2 aromatic rings. The molecular formula is C19H23NO3. The first-order valence-corrected chi connectivity index (χ1v) is 7.74. The van der Waals surface area contributed by atoms with Gasteiger partial charge in [0.2, 0.25) is 0 Å². The highest BCUT2D eigenvalue weighted by Crippen LogP contribution is 2.14. The Bertz CT molecular complexity index is 620. The lowest BCUT2D eigenvalue weighted by Crippen LogP contribution is -2.22. The van der Waals surface area contributed by atoms with Gasteiger partial charge in [0, 0.05) is 6.54 Å². The maximum atomic E-state index is 10.8. The molecule has 23 heavy (non-hydrogen) atoms. The Morgan fingerprint density at radius 1 is 1.09 bits per heavy atom. The summed E-state index contributed by atoms with van der Waals surface area (Å²) in [5, 5.41) is 12.3. The van der Waals surface area contributed by atoms with Gasteiger partial charge in [-0.25, -0.2) is 4.79 Å². The van der Waals surface area contributed by atoms with E-state index in [2.05, 4.69) is 24.4 Å². The maximum absolute atomic E-state index is 10.8. The number of carboxylic acid groups (broad SMARTS) is 1. The molecule has 0 bridgehead atoms. The third-order valence-electron chi connectivity index (χ3n) is 3.77. The van der Waals surface area contributed by atoms with E-state index in [1.807, 2.05) is 24.3 Å². The molecule has 4 nitrogen and oxygen atoms in total. The predicted molar refractivity (Wildman–Crippen MR) is 91.0 cm³/mol. The largest absolute Gasteiger partial charge is 0.497 e. The van der Waals surface area contributed by atoms with Crippen LogP contribution in [-0.4, -0.2) is 24.7 Å². The molecule has 0 saturated heterocycles. The van der Waals surface area contributed by atoms with E-state index in [1.165, 1.54) is 5.56 Å². The van der Waals surface area contributed by atoms with Gasteiger partial charge in [-0.1, -0.05) is 31.2 Å². The highest BCUT2D eigenvalue weighted by Gasteiger charge is 2.05. The topological polar surface area (TPSA) is 58.6 Å². The van der Waals surface area contributed by atoms with E-state index in [1.54, 1.807) is 19.2 Å². The van der Waals surface area contributed by atoms with Gasteiger partial charge in [-0.05, 0) is 54.3 Å². The zero-order valence-corrected chi connectivity index (χ0v) is 13.6. The standard InChI is InChI=1S/C19H23NO3/c1-14(11-15-5-9-18(23-2)10-6-15)12-20-13-16-3-7-17(8-4-16)19(21)22/h3-10,14,20H,11-13H2,1-2H3,(H,21,22). The molecule has 2 rings (SSSR count). The maximum Gasteiger partial charge on any atom is 0.335 e. The molecule has 0 radical (unpaired) electrons. The van der Waals surface area contributed by atoms with Crippen LogP contribution in [0.15, 0.2) is 48.5 Å². The number of carbonyl (C=O) groups is 1. The van der Waals surface area contributed by atoms with Gasteiger partial charge in [-0.15, -0.1) is 0 Å². The van der Waals surface area contributed by atoms with E-state index in [-0.39, 0.29) is 0 Å². The number of nitrogens with one attached hydrogen (secondary N) is 1. The van der Waals surface area contributed by atoms with E-state index in [0.29, 0.717) is 11.5 Å². The monoisotopic (exact) mass is 313 g/mol. The second-order valence-electron chi connectivity index (χ2n) is 5.79. The van der Waals surface area contributed by atoms with E-state index in [4.69, 9.17) is 9.84 Å². The van der Waals surface area contributed by atoms with Crippen LogP contribution >= 0.6 is 0 Å². The van der Waals surface area contributed by atoms with Crippen molar-refractivity contribution in [1.82, 2.24) is 5.32 Å². The molecule has 0 aliphatic carbocycles. The molecule has 0 heterocycles. The fourth-order valence-electron chi connectivity index (χ4n) is 2.46. The van der Waals surface area contributed by atoms with Gasteiger partial charge in [0.15, 0.2) is 0 Å². The van der Waals surface area contributed by atoms with Crippen molar-refractivity contribution in [2.45, 2.75) is 19.9 Å². The lowest BCUT2D eigenvalue weighted by Gasteiger charge is -2.13. The highest BCUT2D eigenvalue weighted by atomic mass is 16.5. The van der Waals surface area contributed by atoms with Crippen LogP contribution in [0.2, 0.25) is 0 Å². The molecule has 2 aromatic carbocycles. The third-order valence-corrected chi connectivity index (χ3v) is 3.77. The van der Waals surface area contributed by atoms with Crippen molar-refractivity contribution in [3.05, 3.63) is 65.2 Å². The van der Waals surface area contributed by atoms with E-state index < -0.39 is 5.97 Å². The molecule has 0 saturated carbocycles. The lowest BCUT2D eigenvalue weighted by molar-refractivity contribution is 0.0697. The number of methoxy groups -OCH3 is 1. The first kappa shape index (κ1) is 17.0. The average Bonchev–Trinajstić information content (AvgIpc) is 2.56. The molecule has 4 heteroatoms. The number of benzene rings is 2. The number of ether oxygens (including phenoxy) is 1. The van der Waals surface area contributed by atoms with Gasteiger partial charge >= 0.3 is 5.97 Å². The van der Waals surface area contributed by atoms with Crippen LogP contribution in [-0.2, 0) is 13.0 Å². The summed E-state index contributed by atoms with van der Waals surface area (Å²) in [7, 11) is 1.67. The Morgan fingerprint density at radius 2 is 1.70 bits per heavy atom. The van der Waals surface area contributed by atoms with E-state index in [9.17, 15) is 4.79 Å². The lowest BCUT2D eigenvalue weighted by atomic mass is 10.0. The number of aromatic carboxylic acids is 1. The zero-order valence-electron chi connectivity index (χ0n) is 13.6. The molecule has 0 spiro atoms. The molecule has 1 unspecified atom stereocenters. The predicted octanol–water partition coefficient (Wildman–Crippen LogP) is 3.36. The van der Waals surface area contributed by atoms with Gasteiger partial charge in [0.1, 0.15) is 5.75 Å². The molecule has 122 valence electrons. The van der Waals surface area contributed by atoms with Crippen molar-refractivity contribution in [2.24, 2.45) is 5.92 Å². The summed E-state index contributed by atoms with van der Waals surface area (Å²) in [5.41, 5.74) is 2.71. The number of carboxylic acids is 1. The summed E-state index contributed by atoms with van der Waals surface area (Å²) < 4.78 is 5.16. The Balaban J connectivity index is 1.75. The molecule has 0 amide bonds. The number of hydrogen-bond donors (Lipinski definition) is 2. The van der Waals surface area contributed by atoms with Crippen LogP contribution in [0.25, 0.3) is 0 Å².